The van der Waals surface area contributed by atoms with E-state index in [4.69, 9.17) is 9.84 Å². The number of nitrogens with zero attached hydrogens (tertiary/aromatic N) is 1. The second-order valence-corrected chi connectivity index (χ2v) is 4.58. The standard InChI is InChI=1S/C12H20N2O5/c1-9-8-14(6-3-7-19-9)12(18)13-10(15)4-2-5-11(16)17/h9H,2-8H2,1H3,(H,16,17)(H,13,15,18). The molecule has 1 unspecified atom stereocenters. The van der Waals surface area contributed by atoms with Gasteiger partial charge in [-0.25, -0.2) is 4.79 Å². The van der Waals surface area contributed by atoms with Crippen molar-refractivity contribution in [2.24, 2.45) is 0 Å². The minimum atomic E-state index is -0.947. The van der Waals surface area contributed by atoms with Crippen LogP contribution < -0.4 is 5.32 Å². The Kier molecular flexibility index (Phi) is 6.27. The number of nitrogens with one attached hydrogen (secondary N) is 1. The van der Waals surface area contributed by atoms with Crippen LogP contribution in [0.1, 0.15) is 32.6 Å². The molecule has 0 radical (unpaired) electrons. The molecule has 1 atom stereocenters. The Balaban J connectivity index is 2.32. The molecule has 1 aliphatic rings. The molecule has 3 amide bonds. The van der Waals surface area contributed by atoms with Gasteiger partial charge in [-0.05, 0) is 19.8 Å². The Morgan fingerprint density at radius 3 is 2.79 bits per heavy atom. The molecule has 1 fully saturated rings. The van der Waals surface area contributed by atoms with Gasteiger partial charge in [-0.1, -0.05) is 0 Å². The molecule has 7 heteroatoms. The van der Waals surface area contributed by atoms with Gasteiger partial charge in [-0.3, -0.25) is 14.9 Å². The quantitative estimate of drug-likeness (QED) is 0.780. The molecule has 0 saturated carbocycles. The molecule has 0 aromatic carbocycles. The van der Waals surface area contributed by atoms with Crippen LogP contribution in [-0.4, -0.2) is 53.7 Å². The molecule has 1 rings (SSSR count). The van der Waals surface area contributed by atoms with Gasteiger partial charge in [0.25, 0.3) is 0 Å². The predicted octanol–water partition coefficient (Wildman–Crippen LogP) is 0.588. The first-order valence-electron chi connectivity index (χ1n) is 6.41. The molecule has 0 aromatic rings. The fourth-order valence-corrected chi connectivity index (χ4v) is 1.84. The minimum absolute atomic E-state index is 0.0396. The highest BCUT2D eigenvalue weighted by atomic mass is 16.5. The van der Waals surface area contributed by atoms with Crippen molar-refractivity contribution in [1.82, 2.24) is 10.2 Å². The number of aliphatic carboxylic acids is 1. The fraction of sp³-hybridized carbons (Fsp3) is 0.750. The lowest BCUT2D eigenvalue weighted by Gasteiger charge is -2.21. The van der Waals surface area contributed by atoms with Gasteiger partial charge in [0.1, 0.15) is 0 Å². The summed E-state index contributed by atoms with van der Waals surface area (Å²) in [6.07, 6.45) is 0.892. The number of carboxylic acids is 1. The number of urea groups is 1. The molecule has 1 heterocycles. The van der Waals surface area contributed by atoms with Gasteiger partial charge < -0.3 is 14.7 Å². The highest BCUT2D eigenvalue weighted by molar-refractivity contribution is 5.94. The number of ether oxygens (including phenoxy) is 1. The highest BCUT2D eigenvalue weighted by Crippen LogP contribution is 2.05. The van der Waals surface area contributed by atoms with Crippen molar-refractivity contribution in [1.29, 1.82) is 0 Å². The van der Waals surface area contributed by atoms with E-state index >= 15 is 0 Å². The molecule has 0 bridgehead atoms. The Bertz CT molecular complexity index is 345. The van der Waals surface area contributed by atoms with Crippen LogP contribution in [0.3, 0.4) is 0 Å². The summed E-state index contributed by atoms with van der Waals surface area (Å²) in [5.41, 5.74) is 0. The van der Waals surface area contributed by atoms with Crippen molar-refractivity contribution in [2.75, 3.05) is 19.7 Å². The summed E-state index contributed by atoms with van der Waals surface area (Å²) in [6, 6.07) is -0.433. The third kappa shape index (κ3) is 6.19. The van der Waals surface area contributed by atoms with Crippen LogP contribution in [0.2, 0.25) is 0 Å². The number of carbonyl (C=O) groups is 3. The maximum Gasteiger partial charge on any atom is 0.324 e. The average molecular weight is 272 g/mol. The van der Waals surface area contributed by atoms with Gasteiger partial charge in [0.15, 0.2) is 0 Å². The molecule has 108 valence electrons. The normalized spacial score (nSPS) is 19.6. The van der Waals surface area contributed by atoms with E-state index in [-0.39, 0.29) is 25.4 Å². The van der Waals surface area contributed by atoms with E-state index in [1.807, 2.05) is 6.92 Å². The van der Waals surface area contributed by atoms with E-state index in [9.17, 15) is 14.4 Å². The first kappa shape index (κ1) is 15.4. The molecule has 0 aliphatic carbocycles. The third-order valence-electron chi connectivity index (χ3n) is 2.78. The number of rotatable bonds is 4. The molecular weight excluding hydrogens is 252 g/mol. The largest absolute Gasteiger partial charge is 0.481 e. The Hall–Kier alpha value is -1.63. The molecule has 7 nitrogen and oxygen atoms in total. The average Bonchev–Trinajstić information content (AvgIpc) is 2.53. The van der Waals surface area contributed by atoms with E-state index in [1.54, 1.807) is 4.90 Å². The van der Waals surface area contributed by atoms with E-state index in [2.05, 4.69) is 5.32 Å². The Morgan fingerprint density at radius 2 is 2.11 bits per heavy atom. The fourth-order valence-electron chi connectivity index (χ4n) is 1.84. The number of carbonyl (C=O) groups excluding carboxylic acids is 2. The van der Waals surface area contributed by atoms with Crippen LogP contribution in [0.5, 0.6) is 0 Å². The van der Waals surface area contributed by atoms with Gasteiger partial charge in [0.05, 0.1) is 6.10 Å². The van der Waals surface area contributed by atoms with Crippen molar-refractivity contribution in [2.45, 2.75) is 38.7 Å². The Labute approximate surface area is 111 Å². The number of hydrogen-bond acceptors (Lipinski definition) is 4. The number of hydrogen-bond donors (Lipinski definition) is 2. The lowest BCUT2D eigenvalue weighted by molar-refractivity contribution is -0.137. The molecule has 1 aliphatic heterocycles. The molecule has 1 saturated heterocycles. The van der Waals surface area contributed by atoms with E-state index in [1.165, 1.54) is 0 Å². The summed E-state index contributed by atoms with van der Waals surface area (Å²) in [5, 5.41) is 10.7. The number of imide groups is 1. The summed E-state index contributed by atoms with van der Waals surface area (Å²) < 4.78 is 5.41. The van der Waals surface area contributed by atoms with Crippen molar-refractivity contribution < 1.29 is 24.2 Å². The molecule has 2 N–H and O–H groups in total. The first-order chi connectivity index (χ1) is 8.99. The number of carboxylic acid groups (broad SMARTS) is 1. The van der Waals surface area contributed by atoms with Crippen LogP contribution >= 0.6 is 0 Å². The van der Waals surface area contributed by atoms with E-state index in [0.717, 1.165) is 6.42 Å². The summed E-state index contributed by atoms with van der Waals surface area (Å²) in [7, 11) is 0. The lowest BCUT2D eigenvalue weighted by Crippen LogP contribution is -2.45. The van der Waals surface area contributed by atoms with Crippen LogP contribution in [-0.2, 0) is 14.3 Å². The van der Waals surface area contributed by atoms with Crippen LogP contribution in [0.4, 0.5) is 4.79 Å². The second-order valence-electron chi connectivity index (χ2n) is 4.58. The van der Waals surface area contributed by atoms with Crippen molar-refractivity contribution >= 4 is 17.9 Å². The van der Waals surface area contributed by atoms with Crippen molar-refractivity contribution in [3.8, 4) is 0 Å². The van der Waals surface area contributed by atoms with Crippen LogP contribution in [0.25, 0.3) is 0 Å². The summed E-state index contributed by atoms with van der Waals surface area (Å²) in [5.74, 6) is -1.39. The predicted molar refractivity (Wildman–Crippen MR) is 66.6 cm³/mol. The second kappa shape index (κ2) is 7.73. The van der Waals surface area contributed by atoms with Gasteiger partial charge in [-0.2, -0.15) is 0 Å². The van der Waals surface area contributed by atoms with Gasteiger partial charge in [0.2, 0.25) is 5.91 Å². The van der Waals surface area contributed by atoms with E-state index in [0.29, 0.717) is 19.7 Å². The maximum atomic E-state index is 11.8. The van der Waals surface area contributed by atoms with Gasteiger partial charge in [0, 0.05) is 32.5 Å². The lowest BCUT2D eigenvalue weighted by atomic mass is 10.2. The van der Waals surface area contributed by atoms with Gasteiger partial charge >= 0.3 is 12.0 Å². The topological polar surface area (TPSA) is 95.9 Å². The summed E-state index contributed by atoms with van der Waals surface area (Å²) in [4.78, 5) is 35.1. The van der Waals surface area contributed by atoms with Crippen LogP contribution in [0, 0.1) is 0 Å². The monoisotopic (exact) mass is 272 g/mol. The molecule has 0 spiro atoms. The molecule has 19 heavy (non-hydrogen) atoms. The smallest absolute Gasteiger partial charge is 0.324 e. The zero-order chi connectivity index (χ0) is 14.3. The zero-order valence-corrected chi connectivity index (χ0v) is 11.1. The first-order valence-corrected chi connectivity index (χ1v) is 6.41. The Morgan fingerprint density at radius 1 is 1.37 bits per heavy atom. The minimum Gasteiger partial charge on any atom is -0.481 e. The molecular formula is C12H20N2O5. The summed E-state index contributed by atoms with van der Waals surface area (Å²) >= 11 is 0. The maximum absolute atomic E-state index is 11.8. The third-order valence-corrected chi connectivity index (χ3v) is 2.78. The van der Waals surface area contributed by atoms with E-state index < -0.39 is 17.9 Å². The highest BCUT2D eigenvalue weighted by Gasteiger charge is 2.21. The van der Waals surface area contributed by atoms with Crippen molar-refractivity contribution in [3.63, 3.8) is 0 Å². The molecule has 0 aromatic heterocycles. The SMILES string of the molecule is CC1CN(C(=O)NC(=O)CCCC(=O)O)CCCO1. The van der Waals surface area contributed by atoms with Gasteiger partial charge in [-0.15, -0.1) is 0 Å². The summed E-state index contributed by atoms with van der Waals surface area (Å²) in [6.45, 7) is 3.49. The van der Waals surface area contributed by atoms with Crippen LogP contribution in [0.15, 0.2) is 0 Å². The van der Waals surface area contributed by atoms with Crippen molar-refractivity contribution in [3.05, 3.63) is 0 Å². The number of amides is 3. The zero-order valence-electron chi connectivity index (χ0n) is 11.1.